The standard InChI is InChI=1S/C6H14.2CH2O3.H2O2/c1-3-5-6-4-2;2*2-1(3)4;1-2/h3-6H2,1-2H3;2*(H2,2,3,4);1-2H. The van der Waals surface area contributed by atoms with Crippen molar-refractivity contribution in [3.05, 3.63) is 0 Å². The van der Waals surface area contributed by atoms with E-state index < -0.39 is 12.3 Å². The van der Waals surface area contributed by atoms with E-state index in [1.54, 1.807) is 0 Å². The van der Waals surface area contributed by atoms with Crippen LogP contribution in [0.1, 0.15) is 39.5 Å². The lowest BCUT2D eigenvalue weighted by Gasteiger charge is -1.86. The highest BCUT2D eigenvalue weighted by Gasteiger charge is 1.75. The Balaban J connectivity index is -0.0000000643. The molecule has 0 atom stereocenters. The molecular formula is C8H20O8. The summed E-state index contributed by atoms with van der Waals surface area (Å²) >= 11 is 0. The molecule has 0 heterocycles. The summed E-state index contributed by atoms with van der Waals surface area (Å²) < 4.78 is 0. The molecule has 0 aliphatic heterocycles. The van der Waals surface area contributed by atoms with Crippen molar-refractivity contribution in [2.75, 3.05) is 0 Å². The monoisotopic (exact) mass is 244 g/mol. The Morgan fingerprint density at radius 2 is 0.875 bits per heavy atom. The first-order valence-corrected chi connectivity index (χ1v) is 4.42. The summed E-state index contributed by atoms with van der Waals surface area (Å²) in [5, 5.41) is 39.9. The van der Waals surface area contributed by atoms with Gasteiger partial charge in [-0.15, -0.1) is 0 Å². The number of unbranched alkanes of at least 4 members (excludes halogenated alkanes) is 3. The number of hydrogen-bond acceptors (Lipinski definition) is 4. The van der Waals surface area contributed by atoms with Crippen LogP contribution < -0.4 is 0 Å². The predicted molar refractivity (Wildman–Crippen MR) is 56.4 cm³/mol. The maximum atomic E-state index is 8.56. The van der Waals surface area contributed by atoms with Crippen molar-refractivity contribution >= 4 is 12.3 Å². The molecule has 0 aromatic heterocycles. The lowest BCUT2D eigenvalue weighted by Crippen LogP contribution is -1.81. The van der Waals surface area contributed by atoms with Crippen LogP contribution >= 0.6 is 0 Å². The van der Waals surface area contributed by atoms with E-state index in [1.807, 2.05) is 0 Å². The lowest BCUT2D eigenvalue weighted by molar-refractivity contribution is -0.176. The zero-order chi connectivity index (χ0) is 14.0. The molecule has 8 nitrogen and oxygen atoms in total. The number of carboxylic acid groups (broad SMARTS) is 4. The van der Waals surface area contributed by atoms with E-state index in [0.29, 0.717) is 0 Å². The zero-order valence-corrected chi connectivity index (χ0v) is 9.33. The lowest BCUT2D eigenvalue weighted by atomic mass is 10.2. The predicted octanol–water partition coefficient (Wildman–Crippen LogP) is 3.05. The van der Waals surface area contributed by atoms with Gasteiger partial charge in [-0.1, -0.05) is 39.5 Å². The average molecular weight is 244 g/mol. The van der Waals surface area contributed by atoms with Crippen LogP contribution in [0.2, 0.25) is 0 Å². The first-order valence-electron chi connectivity index (χ1n) is 4.42. The molecule has 0 fully saturated rings. The Morgan fingerprint density at radius 3 is 0.938 bits per heavy atom. The minimum absolute atomic E-state index is 1.36. The van der Waals surface area contributed by atoms with Crippen molar-refractivity contribution in [3.63, 3.8) is 0 Å². The topological polar surface area (TPSA) is 156 Å². The molecule has 8 heteroatoms. The second-order valence-electron chi connectivity index (χ2n) is 2.27. The van der Waals surface area contributed by atoms with Gasteiger partial charge in [-0.2, -0.15) is 0 Å². The first-order chi connectivity index (χ1) is 7.38. The van der Waals surface area contributed by atoms with Crippen molar-refractivity contribution < 1.29 is 40.5 Å². The number of hydrogen-bond donors (Lipinski definition) is 6. The van der Waals surface area contributed by atoms with Gasteiger partial charge in [0.15, 0.2) is 0 Å². The molecule has 0 unspecified atom stereocenters. The third-order valence-electron chi connectivity index (χ3n) is 0.957. The fourth-order valence-corrected chi connectivity index (χ4v) is 0.500. The maximum absolute atomic E-state index is 8.56. The Kier molecular flexibility index (Phi) is 43.7. The molecule has 0 saturated heterocycles. The van der Waals surface area contributed by atoms with Crippen molar-refractivity contribution in [3.8, 4) is 0 Å². The van der Waals surface area contributed by atoms with Gasteiger partial charge >= 0.3 is 12.3 Å². The van der Waals surface area contributed by atoms with Crippen LogP contribution in [0.4, 0.5) is 9.59 Å². The highest BCUT2D eigenvalue weighted by molar-refractivity contribution is 5.53. The van der Waals surface area contributed by atoms with Gasteiger partial charge in [0, 0.05) is 0 Å². The van der Waals surface area contributed by atoms with E-state index >= 15 is 0 Å². The summed E-state index contributed by atoms with van der Waals surface area (Å²) in [6.45, 7) is 4.46. The molecule has 0 saturated carbocycles. The Bertz CT molecular complexity index is 112. The summed E-state index contributed by atoms with van der Waals surface area (Å²) in [4.78, 5) is 17.1. The maximum Gasteiger partial charge on any atom is 0.503 e. The summed E-state index contributed by atoms with van der Waals surface area (Å²) in [5.41, 5.74) is 0. The van der Waals surface area contributed by atoms with Crippen LogP contribution in [0.15, 0.2) is 0 Å². The Morgan fingerprint density at radius 1 is 0.750 bits per heavy atom. The first kappa shape index (κ1) is 23.9. The second-order valence-corrected chi connectivity index (χ2v) is 2.27. The largest absolute Gasteiger partial charge is 0.503 e. The summed E-state index contributed by atoms with van der Waals surface area (Å²) in [5.74, 6) is 0. The molecule has 16 heavy (non-hydrogen) atoms. The minimum Gasteiger partial charge on any atom is -0.450 e. The summed E-state index contributed by atoms with van der Waals surface area (Å²) in [6, 6.07) is 0. The molecular weight excluding hydrogens is 224 g/mol. The smallest absolute Gasteiger partial charge is 0.450 e. The van der Waals surface area contributed by atoms with Crippen LogP contribution in [0.3, 0.4) is 0 Å². The van der Waals surface area contributed by atoms with Gasteiger partial charge in [0.2, 0.25) is 0 Å². The number of rotatable bonds is 3. The van der Waals surface area contributed by atoms with Crippen LogP contribution in [-0.2, 0) is 0 Å². The van der Waals surface area contributed by atoms with Crippen LogP contribution in [0, 0.1) is 0 Å². The third kappa shape index (κ3) is 768. The van der Waals surface area contributed by atoms with E-state index in [9.17, 15) is 0 Å². The zero-order valence-electron chi connectivity index (χ0n) is 9.33. The van der Waals surface area contributed by atoms with Crippen molar-refractivity contribution in [2.45, 2.75) is 39.5 Å². The quantitative estimate of drug-likeness (QED) is 0.251. The molecule has 0 amide bonds. The molecule has 0 radical (unpaired) electrons. The van der Waals surface area contributed by atoms with E-state index in [-0.39, 0.29) is 0 Å². The highest BCUT2D eigenvalue weighted by atomic mass is 17.0. The second kappa shape index (κ2) is 29.2. The molecule has 0 aliphatic carbocycles. The molecule has 100 valence electrons. The highest BCUT2D eigenvalue weighted by Crippen LogP contribution is 1.95. The fourth-order valence-electron chi connectivity index (χ4n) is 0.500. The molecule has 0 spiro atoms. The molecule has 0 bridgehead atoms. The molecule has 0 aromatic carbocycles. The van der Waals surface area contributed by atoms with Gasteiger partial charge < -0.3 is 20.4 Å². The van der Waals surface area contributed by atoms with Crippen molar-refractivity contribution in [1.82, 2.24) is 0 Å². The van der Waals surface area contributed by atoms with Crippen LogP contribution in [0.5, 0.6) is 0 Å². The van der Waals surface area contributed by atoms with Gasteiger partial charge in [0.25, 0.3) is 0 Å². The van der Waals surface area contributed by atoms with E-state index in [1.165, 1.54) is 25.7 Å². The van der Waals surface area contributed by atoms with E-state index in [0.717, 1.165) is 0 Å². The number of carbonyl (C=O) groups is 2. The molecule has 0 rings (SSSR count). The SMILES string of the molecule is CCCCCC.O=C(O)O.O=C(O)O.OO. The molecule has 0 aromatic rings. The van der Waals surface area contributed by atoms with E-state index in [4.69, 9.17) is 40.5 Å². The normalized spacial score (nSPS) is 6.75. The summed E-state index contributed by atoms with van der Waals surface area (Å²) in [6.07, 6.45) is 1.87. The average Bonchev–Trinajstić information content (AvgIpc) is 2.16. The summed E-state index contributed by atoms with van der Waals surface area (Å²) in [7, 11) is 0. The van der Waals surface area contributed by atoms with Gasteiger partial charge in [-0.25, -0.2) is 9.59 Å². The van der Waals surface area contributed by atoms with Gasteiger partial charge in [-0.05, 0) is 0 Å². The van der Waals surface area contributed by atoms with Crippen molar-refractivity contribution in [2.24, 2.45) is 0 Å². The van der Waals surface area contributed by atoms with Gasteiger partial charge in [-0.3, -0.25) is 10.5 Å². The molecule has 6 N–H and O–H groups in total. The minimum atomic E-state index is -1.83. The molecule has 0 aliphatic rings. The van der Waals surface area contributed by atoms with Crippen LogP contribution in [0.25, 0.3) is 0 Å². The van der Waals surface area contributed by atoms with Gasteiger partial charge in [0.1, 0.15) is 0 Å². The van der Waals surface area contributed by atoms with Crippen LogP contribution in [-0.4, -0.2) is 43.3 Å². The van der Waals surface area contributed by atoms with E-state index in [2.05, 4.69) is 13.8 Å². The van der Waals surface area contributed by atoms with Gasteiger partial charge in [0.05, 0.1) is 0 Å². The Labute approximate surface area is 93.3 Å². The third-order valence-corrected chi connectivity index (χ3v) is 0.957. The fraction of sp³-hybridized carbons (Fsp3) is 0.750. The Hall–Kier alpha value is -1.54. The van der Waals surface area contributed by atoms with Crippen molar-refractivity contribution in [1.29, 1.82) is 0 Å².